The van der Waals surface area contributed by atoms with E-state index in [0.29, 0.717) is 22.4 Å². The van der Waals surface area contributed by atoms with Gasteiger partial charge >= 0.3 is 5.97 Å². The Balaban J connectivity index is 1.60. The van der Waals surface area contributed by atoms with Crippen LogP contribution in [0.3, 0.4) is 0 Å². The van der Waals surface area contributed by atoms with Crippen LogP contribution >= 0.6 is 11.3 Å². The smallest absolute Gasteiger partial charge is 0.341 e. The average Bonchev–Trinajstić information content (AvgIpc) is 3.27. The Hall–Kier alpha value is -1.36. The number of hydrogen-bond donors (Lipinski definition) is 1. The van der Waals surface area contributed by atoms with Gasteiger partial charge in [-0.1, -0.05) is 13.3 Å². The van der Waals surface area contributed by atoms with E-state index in [9.17, 15) is 9.59 Å². The molecular weight excluding hydrogens is 322 g/mol. The Morgan fingerprint density at radius 2 is 2.04 bits per heavy atom. The zero-order valence-corrected chi connectivity index (χ0v) is 15.2. The summed E-state index contributed by atoms with van der Waals surface area (Å²) in [6.07, 6.45) is 7.69. The third kappa shape index (κ3) is 2.67. The van der Waals surface area contributed by atoms with E-state index in [0.717, 1.165) is 37.2 Å². The third-order valence-electron chi connectivity index (χ3n) is 6.21. The molecule has 4 rings (SSSR count). The van der Waals surface area contributed by atoms with Gasteiger partial charge in [-0.25, -0.2) is 4.79 Å². The molecule has 1 aromatic rings. The highest BCUT2D eigenvalue weighted by Gasteiger charge is 2.43. The summed E-state index contributed by atoms with van der Waals surface area (Å²) in [6.45, 7) is 2.24. The standard InChI is InChI=1S/C19H25NO3S/c1-10-3-6-13-15(7-10)24-18(16(13)19(22)23-2)20-17(21)14-9-11-4-5-12(14)8-11/h10-12,14H,3-9H2,1-2H3,(H,20,21)/t10-,11-,12-,14-/m1/s1. The van der Waals surface area contributed by atoms with Crippen LogP contribution in [0.4, 0.5) is 5.00 Å². The number of esters is 1. The van der Waals surface area contributed by atoms with Crippen molar-refractivity contribution in [3.63, 3.8) is 0 Å². The topological polar surface area (TPSA) is 55.4 Å². The maximum Gasteiger partial charge on any atom is 0.341 e. The van der Waals surface area contributed by atoms with Crippen LogP contribution in [0, 0.1) is 23.7 Å². The number of amides is 1. The molecule has 1 heterocycles. The second kappa shape index (κ2) is 6.17. The Morgan fingerprint density at radius 3 is 2.71 bits per heavy atom. The minimum absolute atomic E-state index is 0.110. The van der Waals surface area contributed by atoms with Crippen molar-refractivity contribution in [2.24, 2.45) is 23.7 Å². The van der Waals surface area contributed by atoms with E-state index < -0.39 is 0 Å². The van der Waals surface area contributed by atoms with Crippen molar-refractivity contribution >= 4 is 28.2 Å². The number of nitrogens with one attached hydrogen (secondary N) is 1. The first kappa shape index (κ1) is 16.1. The van der Waals surface area contributed by atoms with Crippen molar-refractivity contribution in [3.05, 3.63) is 16.0 Å². The summed E-state index contributed by atoms with van der Waals surface area (Å²) in [6, 6.07) is 0. The summed E-state index contributed by atoms with van der Waals surface area (Å²) < 4.78 is 5.00. The van der Waals surface area contributed by atoms with Crippen LogP contribution in [0.2, 0.25) is 0 Å². The number of anilines is 1. The first-order valence-corrected chi connectivity index (χ1v) is 9.92. The molecule has 1 aromatic heterocycles. The monoisotopic (exact) mass is 347 g/mol. The van der Waals surface area contributed by atoms with E-state index in [2.05, 4.69) is 12.2 Å². The van der Waals surface area contributed by atoms with Crippen molar-refractivity contribution < 1.29 is 14.3 Å². The van der Waals surface area contributed by atoms with Gasteiger partial charge in [0.1, 0.15) is 5.00 Å². The molecule has 0 radical (unpaired) electrons. The molecule has 4 nitrogen and oxygen atoms in total. The lowest BCUT2D eigenvalue weighted by atomic mass is 9.87. The van der Waals surface area contributed by atoms with Gasteiger partial charge in [-0.2, -0.15) is 0 Å². The molecule has 24 heavy (non-hydrogen) atoms. The molecule has 2 fully saturated rings. The number of carbonyl (C=O) groups excluding carboxylic acids is 2. The van der Waals surface area contributed by atoms with Gasteiger partial charge in [0.05, 0.1) is 12.7 Å². The van der Waals surface area contributed by atoms with Gasteiger partial charge in [0.2, 0.25) is 5.91 Å². The Kier molecular flexibility index (Phi) is 4.15. The van der Waals surface area contributed by atoms with Crippen molar-refractivity contribution in [2.75, 3.05) is 12.4 Å². The SMILES string of the molecule is COC(=O)c1c(NC(=O)[C@@H]2C[C@@H]3CC[C@@H]2C3)sc2c1CC[C@@H](C)C2. The third-order valence-corrected chi connectivity index (χ3v) is 7.38. The number of carbonyl (C=O) groups is 2. The van der Waals surface area contributed by atoms with Gasteiger partial charge in [-0.15, -0.1) is 11.3 Å². The highest BCUT2D eigenvalue weighted by molar-refractivity contribution is 7.17. The summed E-state index contributed by atoms with van der Waals surface area (Å²) in [5.74, 6) is 1.85. The maximum atomic E-state index is 12.8. The zero-order valence-electron chi connectivity index (χ0n) is 14.4. The molecule has 0 aliphatic heterocycles. The van der Waals surface area contributed by atoms with E-state index >= 15 is 0 Å². The number of rotatable bonds is 3. The summed E-state index contributed by atoms with van der Waals surface area (Å²) in [5.41, 5.74) is 1.72. The van der Waals surface area contributed by atoms with Gasteiger partial charge in [0, 0.05) is 10.8 Å². The lowest BCUT2D eigenvalue weighted by Gasteiger charge is -2.20. The second-order valence-corrected chi connectivity index (χ2v) is 8.92. The molecule has 4 atom stereocenters. The van der Waals surface area contributed by atoms with Crippen LogP contribution in [-0.2, 0) is 22.4 Å². The molecule has 130 valence electrons. The molecule has 5 heteroatoms. The first-order chi connectivity index (χ1) is 11.6. The summed E-state index contributed by atoms with van der Waals surface area (Å²) in [5, 5.41) is 3.82. The zero-order chi connectivity index (χ0) is 16.8. The van der Waals surface area contributed by atoms with Gasteiger partial charge in [-0.3, -0.25) is 4.79 Å². The highest BCUT2D eigenvalue weighted by atomic mass is 32.1. The van der Waals surface area contributed by atoms with Crippen LogP contribution in [0.15, 0.2) is 0 Å². The van der Waals surface area contributed by atoms with E-state index in [1.165, 1.54) is 31.2 Å². The molecule has 0 aromatic carbocycles. The van der Waals surface area contributed by atoms with Crippen molar-refractivity contribution in [3.8, 4) is 0 Å². The Labute approximate surface area is 147 Å². The van der Waals surface area contributed by atoms with Crippen LogP contribution < -0.4 is 5.32 Å². The van der Waals surface area contributed by atoms with Crippen molar-refractivity contribution in [1.82, 2.24) is 0 Å². The van der Waals surface area contributed by atoms with E-state index in [-0.39, 0.29) is 17.8 Å². The van der Waals surface area contributed by atoms with Gasteiger partial charge in [0.25, 0.3) is 0 Å². The van der Waals surface area contributed by atoms with Crippen molar-refractivity contribution in [2.45, 2.75) is 51.9 Å². The molecular formula is C19H25NO3S. The Morgan fingerprint density at radius 1 is 1.21 bits per heavy atom. The summed E-state index contributed by atoms with van der Waals surface area (Å²) in [4.78, 5) is 26.3. The maximum absolute atomic E-state index is 12.8. The second-order valence-electron chi connectivity index (χ2n) is 7.82. The lowest BCUT2D eigenvalue weighted by molar-refractivity contribution is -0.121. The quantitative estimate of drug-likeness (QED) is 0.840. The lowest BCUT2D eigenvalue weighted by Crippen LogP contribution is -2.27. The van der Waals surface area contributed by atoms with E-state index in [1.54, 1.807) is 11.3 Å². The minimum Gasteiger partial charge on any atom is -0.465 e. The van der Waals surface area contributed by atoms with Gasteiger partial charge < -0.3 is 10.1 Å². The van der Waals surface area contributed by atoms with Crippen LogP contribution in [0.25, 0.3) is 0 Å². The molecule has 3 aliphatic carbocycles. The molecule has 2 saturated carbocycles. The molecule has 3 aliphatic rings. The normalized spacial score (nSPS) is 30.9. The molecule has 2 bridgehead atoms. The fourth-order valence-electron chi connectivity index (χ4n) is 4.93. The number of methoxy groups -OCH3 is 1. The molecule has 1 amide bonds. The summed E-state index contributed by atoms with van der Waals surface area (Å²) in [7, 11) is 1.42. The number of fused-ring (bicyclic) bond motifs is 3. The highest BCUT2D eigenvalue weighted by Crippen LogP contribution is 2.49. The minimum atomic E-state index is -0.315. The summed E-state index contributed by atoms with van der Waals surface area (Å²) >= 11 is 1.58. The van der Waals surface area contributed by atoms with Crippen LogP contribution in [0.1, 0.15) is 59.8 Å². The number of ether oxygens (including phenoxy) is 1. The average molecular weight is 347 g/mol. The van der Waals surface area contributed by atoms with Crippen molar-refractivity contribution in [1.29, 1.82) is 0 Å². The first-order valence-electron chi connectivity index (χ1n) is 9.10. The predicted octanol–water partition coefficient (Wildman–Crippen LogP) is 4.03. The van der Waals surface area contributed by atoms with Gasteiger partial charge in [0.15, 0.2) is 0 Å². The van der Waals surface area contributed by atoms with E-state index in [1.807, 2.05) is 0 Å². The molecule has 0 saturated heterocycles. The van der Waals surface area contributed by atoms with Crippen LogP contribution in [-0.4, -0.2) is 19.0 Å². The number of hydrogen-bond acceptors (Lipinski definition) is 4. The largest absolute Gasteiger partial charge is 0.465 e. The Bertz CT molecular complexity index is 680. The fourth-order valence-corrected chi connectivity index (χ4v) is 6.33. The molecule has 0 spiro atoms. The van der Waals surface area contributed by atoms with Crippen LogP contribution in [0.5, 0.6) is 0 Å². The number of thiophene rings is 1. The van der Waals surface area contributed by atoms with E-state index in [4.69, 9.17) is 4.74 Å². The predicted molar refractivity (Wildman–Crippen MR) is 94.4 cm³/mol. The molecule has 0 unspecified atom stereocenters. The van der Waals surface area contributed by atoms with Gasteiger partial charge in [-0.05, 0) is 61.8 Å². The fraction of sp³-hybridized carbons (Fsp3) is 0.684. The molecule has 1 N–H and O–H groups in total.